The number of ether oxygens (including phenoxy) is 11. The third-order valence-electron chi connectivity index (χ3n) is 9.62. The molecule has 62 heavy (non-hydrogen) atoms. The van der Waals surface area contributed by atoms with Gasteiger partial charge in [0, 0.05) is 20.3 Å². The number of methoxy groups -OCH3 is 1. The van der Waals surface area contributed by atoms with Gasteiger partial charge < -0.3 is 103 Å². The molecule has 1 aliphatic carbocycles. The predicted octanol–water partition coefficient (Wildman–Crippen LogP) is -2.84. The molecule has 0 radical (unpaired) electrons. The van der Waals surface area contributed by atoms with Crippen LogP contribution in [0.4, 0.5) is 0 Å². The van der Waals surface area contributed by atoms with Gasteiger partial charge in [-0.05, 0) is 25.2 Å². The number of aliphatic hydroxyl groups is 10. The standard InChI is InChI=1S/C41H82O21/c1-52-24-39(27-57-25-38(15-46)59-21-33(48)12-43)61-30-41(28-56-19-35(50)18-55-17-32(47)11-42)62-29-40(60-22-34(49)13-44)26-53-10-9-37(14-45)58-23-36(51)20-54-16-31-7-5-3-2-4-6-8-31/h31-51H,2-30H2,1H3. The van der Waals surface area contributed by atoms with E-state index < -0.39 is 87.5 Å². The molecule has 1 rings (SSSR count). The van der Waals surface area contributed by atoms with E-state index in [2.05, 4.69) is 0 Å². The summed E-state index contributed by atoms with van der Waals surface area (Å²) in [7, 11) is 1.48. The second-order valence-corrected chi connectivity index (χ2v) is 15.6. The average molecular weight is 911 g/mol. The summed E-state index contributed by atoms with van der Waals surface area (Å²) in [4.78, 5) is 0. The Morgan fingerprint density at radius 2 is 0.758 bits per heavy atom. The predicted molar refractivity (Wildman–Crippen MR) is 221 cm³/mol. The second-order valence-electron chi connectivity index (χ2n) is 15.6. The van der Waals surface area contributed by atoms with Gasteiger partial charge in [0.05, 0.1) is 132 Å². The zero-order valence-electron chi connectivity index (χ0n) is 36.8. The summed E-state index contributed by atoms with van der Waals surface area (Å²) in [6, 6.07) is 0. The highest BCUT2D eigenvalue weighted by atomic mass is 16.6. The third kappa shape index (κ3) is 32.8. The van der Waals surface area contributed by atoms with E-state index in [0.29, 0.717) is 18.9 Å². The molecule has 0 aromatic carbocycles. The highest BCUT2D eigenvalue weighted by Gasteiger charge is 2.22. The van der Waals surface area contributed by atoms with E-state index in [-0.39, 0.29) is 106 Å². The lowest BCUT2D eigenvalue weighted by atomic mass is 9.92. The van der Waals surface area contributed by atoms with E-state index in [1.54, 1.807) is 0 Å². The van der Waals surface area contributed by atoms with Gasteiger partial charge in [-0.1, -0.05) is 32.1 Å². The lowest BCUT2D eigenvalue weighted by Gasteiger charge is -2.26. The van der Waals surface area contributed by atoms with Crippen LogP contribution in [0, 0.1) is 5.92 Å². The summed E-state index contributed by atoms with van der Waals surface area (Å²) >= 11 is 0. The van der Waals surface area contributed by atoms with E-state index in [0.717, 1.165) is 12.8 Å². The van der Waals surface area contributed by atoms with E-state index in [4.69, 9.17) is 62.3 Å². The summed E-state index contributed by atoms with van der Waals surface area (Å²) < 4.78 is 62.5. The quantitative estimate of drug-likeness (QED) is 0.0276. The van der Waals surface area contributed by atoms with Crippen molar-refractivity contribution < 1.29 is 103 Å². The van der Waals surface area contributed by atoms with Crippen LogP contribution in [0.5, 0.6) is 0 Å². The number of rotatable bonds is 43. The maximum absolute atomic E-state index is 10.4. The summed E-state index contributed by atoms with van der Waals surface area (Å²) in [6.07, 6.45) is 0.0555. The molecule has 10 atom stereocenters. The Morgan fingerprint density at radius 1 is 0.371 bits per heavy atom. The topological polar surface area (TPSA) is 304 Å². The van der Waals surface area contributed by atoms with Crippen molar-refractivity contribution >= 4 is 0 Å². The van der Waals surface area contributed by atoms with Gasteiger partial charge in [-0.25, -0.2) is 0 Å². The lowest BCUT2D eigenvalue weighted by Crippen LogP contribution is -2.38. The Labute approximate surface area is 367 Å². The minimum absolute atomic E-state index is 0.0116. The second kappa shape index (κ2) is 40.4. The van der Waals surface area contributed by atoms with Crippen LogP contribution < -0.4 is 0 Å². The van der Waals surface area contributed by atoms with Crippen LogP contribution in [-0.4, -0.2) is 258 Å². The van der Waals surface area contributed by atoms with Crippen LogP contribution in [-0.2, 0) is 52.1 Å². The first-order valence-electron chi connectivity index (χ1n) is 22.0. The Kier molecular flexibility index (Phi) is 38.6. The van der Waals surface area contributed by atoms with Gasteiger partial charge in [0.15, 0.2) is 0 Å². The molecule has 1 fully saturated rings. The summed E-state index contributed by atoms with van der Waals surface area (Å²) in [5, 5.41) is 96.5. The van der Waals surface area contributed by atoms with Gasteiger partial charge in [0.1, 0.15) is 54.9 Å². The van der Waals surface area contributed by atoms with Crippen LogP contribution in [0.2, 0.25) is 0 Å². The molecular formula is C41H82O21. The zero-order valence-corrected chi connectivity index (χ0v) is 36.8. The minimum Gasteiger partial charge on any atom is -0.394 e. The molecule has 0 spiro atoms. The fourth-order valence-corrected chi connectivity index (χ4v) is 6.00. The smallest absolute Gasteiger partial charge is 0.104 e. The van der Waals surface area contributed by atoms with Crippen molar-refractivity contribution in [3.05, 3.63) is 0 Å². The zero-order chi connectivity index (χ0) is 45.6. The fraction of sp³-hybridized carbons (Fsp3) is 1.00. The number of aliphatic hydroxyl groups excluding tert-OH is 10. The highest BCUT2D eigenvalue weighted by Crippen LogP contribution is 2.22. The Balaban J connectivity index is 2.75. The molecule has 0 saturated heterocycles. The molecule has 0 heterocycles. The van der Waals surface area contributed by atoms with Crippen molar-refractivity contribution in [2.45, 2.75) is 112 Å². The van der Waals surface area contributed by atoms with Crippen molar-refractivity contribution in [1.82, 2.24) is 0 Å². The summed E-state index contributed by atoms with van der Waals surface area (Å²) in [5.74, 6) is 0.507. The molecule has 0 aliphatic heterocycles. The van der Waals surface area contributed by atoms with E-state index in [1.165, 1.54) is 39.2 Å². The molecule has 21 nitrogen and oxygen atoms in total. The molecule has 1 aliphatic rings. The van der Waals surface area contributed by atoms with Crippen LogP contribution >= 0.6 is 0 Å². The van der Waals surface area contributed by atoms with Crippen molar-refractivity contribution in [2.24, 2.45) is 5.92 Å². The van der Waals surface area contributed by atoms with Crippen LogP contribution in [0.1, 0.15) is 51.4 Å². The first-order chi connectivity index (χ1) is 30.1. The Hall–Kier alpha value is -0.840. The van der Waals surface area contributed by atoms with Crippen molar-refractivity contribution in [1.29, 1.82) is 0 Å². The van der Waals surface area contributed by atoms with Gasteiger partial charge in [-0.15, -0.1) is 0 Å². The summed E-state index contributed by atoms with van der Waals surface area (Å²) in [6.45, 7) is -2.38. The minimum atomic E-state index is -1.16. The molecule has 10 N–H and O–H groups in total. The number of hydrogen-bond acceptors (Lipinski definition) is 21. The van der Waals surface area contributed by atoms with Crippen molar-refractivity contribution in [2.75, 3.05) is 146 Å². The van der Waals surface area contributed by atoms with Crippen LogP contribution in [0.25, 0.3) is 0 Å². The molecule has 372 valence electrons. The number of hydrogen-bond donors (Lipinski definition) is 10. The first-order valence-corrected chi connectivity index (χ1v) is 22.0. The van der Waals surface area contributed by atoms with Gasteiger partial charge in [0.25, 0.3) is 0 Å². The van der Waals surface area contributed by atoms with E-state index in [1.807, 2.05) is 0 Å². The molecule has 0 amide bonds. The van der Waals surface area contributed by atoms with Crippen molar-refractivity contribution in [3.8, 4) is 0 Å². The maximum atomic E-state index is 10.4. The molecular weight excluding hydrogens is 828 g/mol. The summed E-state index contributed by atoms with van der Waals surface area (Å²) in [5.41, 5.74) is 0. The molecule has 0 bridgehead atoms. The largest absolute Gasteiger partial charge is 0.394 e. The monoisotopic (exact) mass is 911 g/mol. The highest BCUT2D eigenvalue weighted by molar-refractivity contribution is 4.68. The third-order valence-corrected chi connectivity index (χ3v) is 9.62. The van der Waals surface area contributed by atoms with Crippen LogP contribution in [0.15, 0.2) is 0 Å². The normalized spacial score (nSPS) is 19.2. The van der Waals surface area contributed by atoms with Crippen molar-refractivity contribution in [3.63, 3.8) is 0 Å². The van der Waals surface area contributed by atoms with Gasteiger partial charge >= 0.3 is 0 Å². The van der Waals surface area contributed by atoms with E-state index >= 15 is 0 Å². The first kappa shape index (κ1) is 59.2. The lowest BCUT2D eigenvalue weighted by molar-refractivity contribution is -0.144. The maximum Gasteiger partial charge on any atom is 0.104 e. The molecule has 21 heteroatoms. The van der Waals surface area contributed by atoms with Gasteiger partial charge in [-0.2, -0.15) is 0 Å². The molecule has 0 aromatic rings. The van der Waals surface area contributed by atoms with Gasteiger partial charge in [0.2, 0.25) is 0 Å². The van der Waals surface area contributed by atoms with Gasteiger partial charge in [-0.3, -0.25) is 0 Å². The van der Waals surface area contributed by atoms with Crippen LogP contribution in [0.3, 0.4) is 0 Å². The SMILES string of the molecule is COCC(COCC(CO)OCC(O)CO)OCC(COCC(O)COCC(O)CO)OCC(COCCC(CO)OCC(O)COCC1CCCCCCC1)OCC(O)CO. The fourth-order valence-electron chi connectivity index (χ4n) is 6.00. The molecule has 1 saturated carbocycles. The average Bonchev–Trinajstić information content (AvgIpc) is 3.26. The van der Waals surface area contributed by atoms with E-state index in [9.17, 15) is 40.9 Å². The Bertz CT molecular complexity index is 953. The molecule has 0 aromatic heterocycles. The Morgan fingerprint density at radius 3 is 1.32 bits per heavy atom. The molecule has 10 unspecified atom stereocenters.